The first-order valence-corrected chi connectivity index (χ1v) is 25.6. The Morgan fingerprint density at radius 1 is 0.716 bits per heavy atom. The molecule has 2 amide bonds. The van der Waals surface area contributed by atoms with E-state index in [1.54, 1.807) is 12.1 Å². The van der Waals surface area contributed by atoms with E-state index in [0.29, 0.717) is 45.3 Å². The van der Waals surface area contributed by atoms with Crippen LogP contribution in [0.1, 0.15) is 107 Å². The molecular weight excluding hydrogens is 885 g/mol. The Morgan fingerprint density at radius 2 is 1.36 bits per heavy atom. The van der Waals surface area contributed by atoms with Gasteiger partial charge in [-0.25, -0.2) is 0 Å². The Bertz CT molecular complexity index is 3010. The van der Waals surface area contributed by atoms with Crippen LogP contribution in [0.3, 0.4) is 0 Å². The number of hydrogen-bond acceptors (Lipinski definition) is 7. The van der Waals surface area contributed by atoms with E-state index in [-0.39, 0.29) is 21.6 Å². The van der Waals surface area contributed by atoms with Crippen LogP contribution in [0.2, 0.25) is 0 Å². The van der Waals surface area contributed by atoms with Gasteiger partial charge in [-0.05, 0) is 105 Å². The maximum atomic E-state index is 13.5. The number of anilines is 2. The number of benzene rings is 4. The number of allylic oxidation sites excluding steroid dienone is 6. The maximum Gasteiger partial charge on any atom is 0.294 e. The summed E-state index contributed by atoms with van der Waals surface area (Å²) in [5, 5.41) is 3.04. The standard InChI is InChI=1S/C53H58N4O8S2/c1-52(2)43-35-41(66(60,61)62)29-31-46(43)55(5)48(52)23-9-6-10-24-49-53(3,4)44-36-42(67(63,64)65)30-32-47(44)56(49)34-18-8-11-25-50(58)54-33-17-7-12-26-51(59)57-37-40-21-14-13-19-38(40)27-28-39-20-15-16-22-45(39)57/h6,9-10,13-16,19-24,29-32,35-36H,7-8,11-12,17-18,25-26,33-34,37H2,1-5H3,(H2-,54,58,60,61,62,63,64,65)/p+1. The van der Waals surface area contributed by atoms with Gasteiger partial charge in [0.25, 0.3) is 20.2 Å². The monoisotopic (exact) mass is 943 g/mol. The van der Waals surface area contributed by atoms with Crippen molar-refractivity contribution in [1.82, 2.24) is 5.32 Å². The fraction of sp³-hybridized carbons (Fsp3) is 0.340. The van der Waals surface area contributed by atoms with Crippen molar-refractivity contribution in [3.63, 3.8) is 0 Å². The number of amides is 2. The fourth-order valence-electron chi connectivity index (χ4n) is 9.36. The molecule has 7 rings (SSSR count). The molecular formula is C53H59N4O8S2+. The quantitative estimate of drug-likeness (QED) is 0.0308. The lowest BCUT2D eigenvalue weighted by atomic mass is 9.81. The van der Waals surface area contributed by atoms with E-state index in [4.69, 9.17) is 0 Å². The third-order valence-corrected chi connectivity index (χ3v) is 14.7. The zero-order chi connectivity index (χ0) is 48.1. The van der Waals surface area contributed by atoms with Crippen LogP contribution >= 0.6 is 0 Å². The van der Waals surface area contributed by atoms with Gasteiger partial charge in [0, 0.05) is 71.6 Å². The lowest BCUT2D eigenvalue weighted by Crippen LogP contribution is -2.31. The average Bonchev–Trinajstić information content (AvgIpc) is 3.60. The molecule has 67 heavy (non-hydrogen) atoms. The first kappa shape index (κ1) is 48.8. The highest BCUT2D eigenvalue weighted by molar-refractivity contribution is 7.86. The number of unbranched alkanes of at least 4 members (excludes halogenated alkanes) is 4. The van der Waals surface area contributed by atoms with Gasteiger partial charge in [-0.2, -0.15) is 21.4 Å². The summed E-state index contributed by atoms with van der Waals surface area (Å²) in [6.45, 7) is 9.68. The second kappa shape index (κ2) is 20.0. The van der Waals surface area contributed by atoms with Crippen LogP contribution in [0.15, 0.2) is 131 Å². The molecule has 12 nitrogen and oxygen atoms in total. The van der Waals surface area contributed by atoms with Crippen molar-refractivity contribution in [3.8, 4) is 11.8 Å². The normalized spacial score (nSPS) is 16.6. The molecule has 350 valence electrons. The Kier molecular flexibility index (Phi) is 14.6. The molecule has 4 aromatic rings. The van der Waals surface area contributed by atoms with Crippen LogP contribution < -0.4 is 15.1 Å². The number of rotatable bonds is 17. The molecule has 14 heteroatoms. The van der Waals surface area contributed by atoms with Gasteiger partial charge in [0.1, 0.15) is 7.05 Å². The molecule has 3 N–H and O–H groups in total. The summed E-state index contributed by atoms with van der Waals surface area (Å²) in [5.41, 5.74) is 7.61. The second-order valence-electron chi connectivity index (χ2n) is 18.3. The number of para-hydroxylation sites is 1. The van der Waals surface area contributed by atoms with Crippen molar-refractivity contribution in [2.24, 2.45) is 0 Å². The first-order valence-electron chi connectivity index (χ1n) is 22.7. The topological polar surface area (TPSA) is 164 Å². The van der Waals surface area contributed by atoms with Crippen LogP contribution in [0, 0.1) is 11.8 Å². The van der Waals surface area contributed by atoms with E-state index < -0.39 is 31.1 Å². The molecule has 4 aromatic carbocycles. The summed E-state index contributed by atoms with van der Waals surface area (Å²) < 4.78 is 69.6. The van der Waals surface area contributed by atoms with E-state index in [2.05, 4.69) is 22.1 Å². The van der Waals surface area contributed by atoms with E-state index >= 15 is 0 Å². The van der Waals surface area contributed by atoms with Crippen molar-refractivity contribution in [2.45, 2.75) is 106 Å². The van der Waals surface area contributed by atoms with Crippen molar-refractivity contribution >= 4 is 54.8 Å². The summed E-state index contributed by atoms with van der Waals surface area (Å²) in [6, 6.07) is 25.0. The molecule has 0 unspecified atom stereocenters. The molecule has 3 aliphatic rings. The van der Waals surface area contributed by atoms with Crippen molar-refractivity contribution in [3.05, 3.63) is 149 Å². The number of nitrogens with one attached hydrogen (secondary N) is 1. The van der Waals surface area contributed by atoms with E-state index in [9.17, 15) is 35.5 Å². The minimum Gasteiger partial charge on any atom is -0.356 e. The average molecular weight is 944 g/mol. The number of nitrogens with zero attached hydrogens (tertiary/aromatic N) is 3. The summed E-state index contributed by atoms with van der Waals surface area (Å²) in [6.07, 6.45) is 15.1. The SMILES string of the molecule is C[N+]1=C(C=CC=CC=C2N(CCCCCC(=O)NCCCCCC(=O)N3Cc4ccccc4C#Cc4ccccc43)c3ccc(S(=O)(=O)O)cc3C2(C)C)C(C)(C)c2cc(S(=O)(=O)O)ccc21. The van der Waals surface area contributed by atoms with Crippen molar-refractivity contribution in [1.29, 1.82) is 0 Å². The van der Waals surface area contributed by atoms with Crippen LogP contribution in [0.25, 0.3) is 0 Å². The Morgan fingerprint density at radius 3 is 2.10 bits per heavy atom. The lowest BCUT2D eigenvalue weighted by molar-refractivity contribution is -0.401. The zero-order valence-electron chi connectivity index (χ0n) is 38.7. The third-order valence-electron chi connectivity index (χ3n) is 13.0. The second-order valence-corrected chi connectivity index (χ2v) is 21.2. The highest BCUT2D eigenvalue weighted by Gasteiger charge is 2.44. The number of carbonyl (C=O) groups excluding carboxylic acids is 2. The number of fused-ring (bicyclic) bond motifs is 4. The third kappa shape index (κ3) is 10.9. The minimum atomic E-state index is -4.42. The highest BCUT2D eigenvalue weighted by Crippen LogP contribution is 2.49. The predicted octanol–water partition coefficient (Wildman–Crippen LogP) is 9.16. The smallest absolute Gasteiger partial charge is 0.294 e. The van der Waals surface area contributed by atoms with Crippen LogP contribution in [0.4, 0.5) is 17.1 Å². The molecule has 0 saturated heterocycles. The van der Waals surface area contributed by atoms with Gasteiger partial charge >= 0.3 is 0 Å². The number of hydrogen-bond donors (Lipinski definition) is 3. The van der Waals surface area contributed by atoms with Crippen molar-refractivity contribution in [2.75, 3.05) is 29.9 Å². The molecule has 3 aliphatic heterocycles. The molecule has 3 heterocycles. The van der Waals surface area contributed by atoms with Crippen LogP contribution in [0.5, 0.6) is 0 Å². The summed E-state index contributed by atoms with van der Waals surface area (Å²) in [5.74, 6) is 6.55. The van der Waals surface area contributed by atoms with E-state index in [1.807, 2.05) is 123 Å². The summed E-state index contributed by atoms with van der Waals surface area (Å²) in [4.78, 5) is 30.0. The molecule has 0 fully saturated rings. The zero-order valence-corrected chi connectivity index (χ0v) is 40.4. The fourth-order valence-corrected chi connectivity index (χ4v) is 10.4. The molecule has 0 aliphatic carbocycles. The van der Waals surface area contributed by atoms with Gasteiger partial charge in [0.2, 0.25) is 17.5 Å². The molecule has 0 radical (unpaired) electrons. The summed E-state index contributed by atoms with van der Waals surface area (Å²) >= 11 is 0. The lowest BCUT2D eigenvalue weighted by Gasteiger charge is -2.27. The Labute approximate surface area is 395 Å². The van der Waals surface area contributed by atoms with Crippen LogP contribution in [-0.2, 0) is 47.2 Å². The molecule has 0 aromatic heterocycles. The first-order chi connectivity index (χ1) is 31.8. The largest absolute Gasteiger partial charge is 0.356 e. The van der Waals surface area contributed by atoms with Gasteiger partial charge in [-0.3, -0.25) is 18.7 Å². The van der Waals surface area contributed by atoms with Crippen LogP contribution in [-0.4, -0.2) is 68.2 Å². The molecule has 0 spiro atoms. The predicted molar refractivity (Wildman–Crippen MR) is 263 cm³/mol. The molecule has 0 saturated carbocycles. The van der Waals surface area contributed by atoms with Gasteiger partial charge in [-0.15, -0.1) is 0 Å². The molecule has 0 atom stereocenters. The minimum absolute atomic E-state index is 0.00524. The van der Waals surface area contributed by atoms with Gasteiger partial charge in [0.05, 0.1) is 27.4 Å². The maximum absolute atomic E-state index is 13.5. The van der Waals surface area contributed by atoms with E-state index in [1.165, 1.54) is 24.3 Å². The van der Waals surface area contributed by atoms with E-state index in [0.717, 1.165) is 82.0 Å². The Hall–Kier alpha value is -6.11. The van der Waals surface area contributed by atoms with Gasteiger partial charge in [0.15, 0.2) is 5.71 Å². The van der Waals surface area contributed by atoms with Gasteiger partial charge < -0.3 is 15.1 Å². The Balaban J connectivity index is 0.903. The summed E-state index contributed by atoms with van der Waals surface area (Å²) in [7, 11) is -6.87. The van der Waals surface area contributed by atoms with Crippen molar-refractivity contribution < 1.29 is 40.1 Å². The van der Waals surface area contributed by atoms with Gasteiger partial charge in [-0.1, -0.05) is 87.1 Å². The number of carbonyl (C=O) groups is 2. The highest BCUT2D eigenvalue weighted by atomic mass is 32.2. The molecule has 0 bridgehead atoms.